The number of carbonyl (C=O) groups excluding carboxylic acids is 1. The van der Waals surface area contributed by atoms with Gasteiger partial charge in [0.05, 0.1) is 18.3 Å². The zero-order valence-corrected chi connectivity index (χ0v) is 12.9. The molecule has 1 atom stereocenters. The van der Waals surface area contributed by atoms with Crippen LogP contribution in [-0.2, 0) is 19.4 Å². The second-order valence-electron chi connectivity index (χ2n) is 6.21. The van der Waals surface area contributed by atoms with Crippen LogP contribution in [0.2, 0.25) is 0 Å². The van der Waals surface area contributed by atoms with Gasteiger partial charge in [0.1, 0.15) is 5.82 Å². The molecule has 7 nitrogen and oxygen atoms in total. The number of amides is 1. The average molecular weight is 301 g/mol. The van der Waals surface area contributed by atoms with E-state index >= 15 is 0 Å². The van der Waals surface area contributed by atoms with Crippen LogP contribution in [0.15, 0.2) is 4.52 Å². The normalized spacial score (nSPS) is 20.6. The van der Waals surface area contributed by atoms with Gasteiger partial charge < -0.3 is 14.0 Å². The smallest absolute Gasteiger partial charge is 0.293 e. The number of carbonyl (C=O) groups is 1. The number of nitrogens with zero attached hydrogens (tertiary/aromatic N) is 5. The standard InChI is InChI=1S/C15H19N5O2/c1-9-7-19(8-13-17-16-10(2)20(9)13)15(21)14-11-5-3-4-6-12(11)18-22-14/h9H,3-8H2,1-2H3. The number of rotatable bonds is 1. The molecular weight excluding hydrogens is 282 g/mol. The number of fused-ring (bicyclic) bond motifs is 2. The van der Waals surface area contributed by atoms with Crippen molar-refractivity contribution >= 4 is 5.91 Å². The molecule has 4 rings (SSSR count). The monoisotopic (exact) mass is 301 g/mol. The van der Waals surface area contributed by atoms with Crippen molar-refractivity contribution in [1.82, 2.24) is 24.8 Å². The van der Waals surface area contributed by atoms with Crippen molar-refractivity contribution in [2.24, 2.45) is 0 Å². The van der Waals surface area contributed by atoms with E-state index in [1.807, 2.05) is 6.92 Å². The van der Waals surface area contributed by atoms with Crippen molar-refractivity contribution in [3.8, 4) is 0 Å². The molecule has 0 radical (unpaired) electrons. The molecule has 116 valence electrons. The number of hydrogen-bond donors (Lipinski definition) is 0. The van der Waals surface area contributed by atoms with Gasteiger partial charge in [0.2, 0.25) is 5.76 Å². The maximum atomic E-state index is 12.8. The van der Waals surface area contributed by atoms with Crippen molar-refractivity contribution in [2.75, 3.05) is 6.54 Å². The molecular formula is C15H19N5O2. The molecule has 0 aromatic carbocycles. The molecule has 0 bridgehead atoms. The van der Waals surface area contributed by atoms with Gasteiger partial charge in [0.25, 0.3) is 5.91 Å². The molecule has 0 saturated heterocycles. The van der Waals surface area contributed by atoms with Gasteiger partial charge in [0, 0.05) is 12.1 Å². The van der Waals surface area contributed by atoms with Crippen LogP contribution in [0.4, 0.5) is 0 Å². The van der Waals surface area contributed by atoms with Crippen LogP contribution in [0.3, 0.4) is 0 Å². The van der Waals surface area contributed by atoms with Crippen LogP contribution in [-0.4, -0.2) is 37.3 Å². The molecule has 1 unspecified atom stereocenters. The molecule has 1 aliphatic heterocycles. The van der Waals surface area contributed by atoms with E-state index in [1.165, 1.54) is 0 Å². The minimum Gasteiger partial charge on any atom is -0.350 e. The lowest BCUT2D eigenvalue weighted by Gasteiger charge is -2.31. The molecule has 0 N–H and O–H groups in total. The third kappa shape index (κ3) is 1.95. The average Bonchev–Trinajstić information content (AvgIpc) is 3.11. The lowest BCUT2D eigenvalue weighted by molar-refractivity contribution is 0.0636. The fourth-order valence-corrected chi connectivity index (χ4v) is 3.59. The Kier molecular flexibility index (Phi) is 3.02. The third-order valence-corrected chi connectivity index (χ3v) is 4.64. The molecule has 7 heteroatoms. The summed E-state index contributed by atoms with van der Waals surface area (Å²) in [7, 11) is 0. The van der Waals surface area contributed by atoms with E-state index in [1.54, 1.807) is 4.90 Å². The van der Waals surface area contributed by atoms with E-state index < -0.39 is 0 Å². The van der Waals surface area contributed by atoms with Crippen molar-refractivity contribution in [3.05, 3.63) is 28.7 Å². The summed E-state index contributed by atoms with van der Waals surface area (Å²) in [5.74, 6) is 2.07. The quantitative estimate of drug-likeness (QED) is 0.800. The van der Waals surface area contributed by atoms with Crippen molar-refractivity contribution in [1.29, 1.82) is 0 Å². The maximum Gasteiger partial charge on any atom is 0.293 e. The Balaban J connectivity index is 1.63. The molecule has 22 heavy (non-hydrogen) atoms. The summed E-state index contributed by atoms with van der Waals surface area (Å²) in [6, 6.07) is 0.168. The molecule has 0 saturated carbocycles. The lowest BCUT2D eigenvalue weighted by Crippen LogP contribution is -2.40. The van der Waals surface area contributed by atoms with Gasteiger partial charge in [-0.3, -0.25) is 4.79 Å². The van der Waals surface area contributed by atoms with E-state index in [4.69, 9.17) is 4.52 Å². The van der Waals surface area contributed by atoms with Gasteiger partial charge in [-0.15, -0.1) is 10.2 Å². The topological polar surface area (TPSA) is 77.0 Å². The van der Waals surface area contributed by atoms with Gasteiger partial charge in [-0.05, 0) is 39.5 Å². The lowest BCUT2D eigenvalue weighted by atomic mass is 9.96. The molecule has 0 fully saturated rings. The van der Waals surface area contributed by atoms with Crippen LogP contribution in [0.25, 0.3) is 0 Å². The van der Waals surface area contributed by atoms with E-state index in [9.17, 15) is 4.79 Å². The summed E-state index contributed by atoms with van der Waals surface area (Å²) in [5.41, 5.74) is 1.96. The number of hydrogen-bond acceptors (Lipinski definition) is 5. The third-order valence-electron chi connectivity index (χ3n) is 4.64. The molecule has 1 aliphatic carbocycles. The van der Waals surface area contributed by atoms with Gasteiger partial charge in [0.15, 0.2) is 5.82 Å². The Morgan fingerprint density at radius 2 is 2.09 bits per heavy atom. The van der Waals surface area contributed by atoms with E-state index in [2.05, 4.69) is 26.8 Å². The van der Waals surface area contributed by atoms with Gasteiger partial charge in [-0.2, -0.15) is 0 Å². The Bertz CT molecular complexity index is 732. The van der Waals surface area contributed by atoms with E-state index in [0.717, 1.165) is 48.6 Å². The van der Waals surface area contributed by atoms with Crippen LogP contribution >= 0.6 is 0 Å². The minimum atomic E-state index is -0.0746. The maximum absolute atomic E-state index is 12.8. The van der Waals surface area contributed by atoms with E-state index in [0.29, 0.717) is 18.8 Å². The van der Waals surface area contributed by atoms with Crippen LogP contribution < -0.4 is 0 Å². The summed E-state index contributed by atoms with van der Waals surface area (Å²) in [5, 5.41) is 12.4. The Labute approximate surface area is 128 Å². The Morgan fingerprint density at radius 1 is 1.27 bits per heavy atom. The first-order valence-corrected chi connectivity index (χ1v) is 7.82. The fourth-order valence-electron chi connectivity index (χ4n) is 3.59. The predicted molar refractivity (Wildman–Crippen MR) is 77.4 cm³/mol. The first-order chi connectivity index (χ1) is 10.6. The summed E-state index contributed by atoms with van der Waals surface area (Å²) in [6.07, 6.45) is 4.02. The summed E-state index contributed by atoms with van der Waals surface area (Å²) in [6.45, 7) is 5.13. The highest BCUT2D eigenvalue weighted by molar-refractivity contribution is 5.93. The SMILES string of the molecule is Cc1nnc2n1C(C)CN(C(=O)c1onc3c1CCCC3)C2. The Hall–Kier alpha value is -2.18. The van der Waals surface area contributed by atoms with Crippen molar-refractivity contribution in [3.63, 3.8) is 0 Å². The first-order valence-electron chi connectivity index (χ1n) is 7.82. The number of aromatic nitrogens is 4. The second kappa shape index (κ2) is 4.93. The Morgan fingerprint density at radius 3 is 2.95 bits per heavy atom. The number of aryl methyl sites for hydroxylation is 2. The van der Waals surface area contributed by atoms with E-state index in [-0.39, 0.29) is 11.9 Å². The second-order valence-corrected chi connectivity index (χ2v) is 6.21. The summed E-state index contributed by atoms with van der Waals surface area (Å²) >= 11 is 0. The molecule has 3 heterocycles. The molecule has 1 amide bonds. The summed E-state index contributed by atoms with van der Waals surface area (Å²) < 4.78 is 7.47. The van der Waals surface area contributed by atoms with Gasteiger partial charge >= 0.3 is 0 Å². The minimum absolute atomic E-state index is 0.0746. The van der Waals surface area contributed by atoms with Crippen molar-refractivity contribution < 1.29 is 9.32 Å². The van der Waals surface area contributed by atoms with Gasteiger partial charge in [-0.25, -0.2) is 0 Å². The molecule has 2 aliphatic rings. The zero-order valence-electron chi connectivity index (χ0n) is 12.9. The molecule has 2 aromatic rings. The highest BCUT2D eigenvalue weighted by atomic mass is 16.5. The van der Waals surface area contributed by atoms with Crippen LogP contribution in [0.5, 0.6) is 0 Å². The van der Waals surface area contributed by atoms with Crippen molar-refractivity contribution in [2.45, 2.75) is 52.1 Å². The molecule has 2 aromatic heterocycles. The first kappa shape index (κ1) is 13.5. The largest absolute Gasteiger partial charge is 0.350 e. The van der Waals surface area contributed by atoms with Crippen LogP contribution in [0.1, 0.15) is 59.3 Å². The predicted octanol–water partition coefficient (Wildman–Crippen LogP) is 1.67. The summed E-state index contributed by atoms with van der Waals surface area (Å²) in [4.78, 5) is 14.6. The van der Waals surface area contributed by atoms with Gasteiger partial charge in [-0.1, -0.05) is 5.16 Å². The highest BCUT2D eigenvalue weighted by Crippen LogP contribution is 2.27. The van der Waals surface area contributed by atoms with Crippen LogP contribution in [0, 0.1) is 6.92 Å². The zero-order chi connectivity index (χ0) is 15.3. The molecule has 0 spiro atoms. The highest BCUT2D eigenvalue weighted by Gasteiger charge is 2.33. The fraction of sp³-hybridized carbons (Fsp3) is 0.600.